The van der Waals surface area contributed by atoms with Crippen molar-refractivity contribution in [2.24, 2.45) is 0 Å². The number of nitrogens with two attached hydrogens (primary N) is 1. The Morgan fingerprint density at radius 3 is 2.83 bits per heavy atom. The summed E-state index contributed by atoms with van der Waals surface area (Å²) >= 11 is 0. The zero-order valence-corrected chi connectivity index (χ0v) is 11.5. The normalized spacial score (nSPS) is 12.1. The smallest absolute Gasteiger partial charge is 0.236 e. The number of rotatable bonds is 7. The monoisotopic (exact) mass is 268 g/mol. The summed E-state index contributed by atoms with van der Waals surface area (Å²) in [5.74, 6) is 0.423. The van der Waals surface area contributed by atoms with Gasteiger partial charge in [-0.15, -0.1) is 0 Å². The molecule has 0 bridgehead atoms. The first-order valence-corrected chi connectivity index (χ1v) is 7.61. The van der Waals surface area contributed by atoms with E-state index in [1.165, 1.54) is 0 Å². The minimum atomic E-state index is -1.07. The number of nitrogens with one attached hydrogen (secondary N) is 1. The summed E-state index contributed by atoms with van der Waals surface area (Å²) in [6, 6.07) is 6.95. The molecule has 1 unspecified atom stereocenters. The van der Waals surface area contributed by atoms with Gasteiger partial charge in [-0.25, -0.2) is 0 Å². The van der Waals surface area contributed by atoms with E-state index in [9.17, 15) is 9.00 Å². The maximum Gasteiger partial charge on any atom is 0.236 e. The minimum Gasteiger partial charge on any atom is -0.399 e. The molecule has 0 saturated heterocycles. The van der Waals surface area contributed by atoms with Gasteiger partial charge in [0, 0.05) is 27.9 Å². The second-order valence-corrected chi connectivity index (χ2v) is 5.75. The van der Waals surface area contributed by atoms with Crippen LogP contribution in [-0.4, -0.2) is 21.6 Å². The van der Waals surface area contributed by atoms with Gasteiger partial charge in [0.05, 0.1) is 0 Å². The molecule has 0 fully saturated rings. The van der Waals surface area contributed by atoms with E-state index in [0.29, 0.717) is 17.1 Å². The van der Waals surface area contributed by atoms with E-state index >= 15 is 0 Å². The summed E-state index contributed by atoms with van der Waals surface area (Å²) in [7, 11) is -1.07. The number of hydrogen-bond donors (Lipinski definition) is 2. The van der Waals surface area contributed by atoms with Crippen LogP contribution in [-0.2, 0) is 15.6 Å². The highest BCUT2D eigenvalue weighted by atomic mass is 32.2. The number of nitrogen functional groups attached to an aromatic ring is 1. The second kappa shape index (κ2) is 7.87. The van der Waals surface area contributed by atoms with Crippen LogP contribution in [0.15, 0.2) is 24.3 Å². The first-order valence-electron chi connectivity index (χ1n) is 6.12. The largest absolute Gasteiger partial charge is 0.399 e. The molecule has 3 N–H and O–H groups in total. The average molecular weight is 268 g/mol. The van der Waals surface area contributed by atoms with Gasteiger partial charge in [-0.05, 0) is 24.6 Å². The molecule has 1 amide bonds. The number of carbonyl (C=O) groups is 1. The van der Waals surface area contributed by atoms with Gasteiger partial charge < -0.3 is 11.1 Å². The molecule has 1 aromatic carbocycles. The molecule has 0 heterocycles. The zero-order chi connectivity index (χ0) is 13.4. The highest BCUT2D eigenvalue weighted by molar-refractivity contribution is 7.85. The Kier molecular flexibility index (Phi) is 6.43. The maximum absolute atomic E-state index is 11.6. The van der Waals surface area contributed by atoms with Gasteiger partial charge in [-0.2, -0.15) is 0 Å². The number of unbranched alkanes of at least 4 members (excludes halogenated alkanes) is 2. The fourth-order valence-electron chi connectivity index (χ4n) is 1.54. The van der Waals surface area contributed by atoms with Gasteiger partial charge in [0.2, 0.25) is 5.91 Å². The van der Waals surface area contributed by atoms with Crippen molar-refractivity contribution in [1.29, 1.82) is 0 Å². The predicted molar refractivity (Wildman–Crippen MR) is 76.9 cm³/mol. The average Bonchev–Trinajstić information content (AvgIpc) is 2.29. The second-order valence-electron chi connectivity index (χ2n) is 4.17. The molecule has 100 valence electrons. The van der Waals surface area contributed by atoms with Crippen LogP contribution < -0.4 is 11.1 Å². The molecule has 1 rings (SSSR count). The van der Waals surface area contributed by atoms with Crippen LogP contribution >= 0.6 is 0 Å². The number of hydrogen-bond acceptors (Lipinski definition) is 3. The minimum absolute atomic E-state index is 0.0541. The van der Waals surface area contributed by atoms with Crippen molar-refractivity contribution in [2.75, 3.05) is 22.6 Å². The Morgan fingerprint density at radius 1 is 1.39 bits per heavy atom. The van der Waals surface area contributed by atoms with Crippen molar-refractivity contribution in [3.8, 4) is 0 Å². The molecule has 1 aromatic rings. The summed E-state index contributed by atoms with van der Waals surface area (Å²) in [5.41, 5.74) is 6.84. The Balaban J connectivity index is 2.35. The van der Waals surface area contributed by atoms with E-state index in [0.717, 1.165) is 19.3 Å². The van der Waals surface area contributed by atoms with Crippen molar-refractivity contribution < 1.29 is 9.00 Å². The van der Waals surface area contributed by atoms with Crippen LogP contribution in [0.25, 0.3) is 0 Å². The van der Waals surface area contributed by atoms with Gasteiger partial charge >= 0.3 is 0 Å². The highest BCUT2D eigenvalue weighted by Crippen LogP contribution is 2.11. The standard InChI is InChI=1S/C13H20N2O2S/c1-2-3-4-8-18(17)10-13(16)15-12-7-5-6-11(14)9-12/h5-7,9H,2-4,8,10,14H2,1H3,(H,15,16). The number of amides is 1. The molecule has 0 radical (unpaired) electrons. The molecule has 0 aromatic heterocycles. The van der Waals surface area contributed by atoms with Crippen LogP contribution in [0.2, 0.25) is 0 Å². The van der Waals surface area contributed by atoms with E-state index in [-0.39, 0.29) is 11.7 Å². The van der Waals surface area contributed by atoms with Gasteiger partial charge in [0.1, 0.15) is 5.75 Å². The van der Waals surface area contributed by atoms with E-state index in [1.54, 1.807) is 24.3 Å². The molecule has 0 aliphatic rings. The Bertz CT molecular complexity index is 421. The molecule has 0 aliphatic heterocycles. The lowest BCUT2D eigenvalue weighted by atomic mass is 10.3. The number of anilines is 2. The lowest BCUT2D eigenvalue weighted by Gasteiger charge is -2.05. The molecular weight excluding hydrogens is 248 g/mol. The lowest BCUT2D eigenvalue weighted by Crippen LogP contribution is -2.20. The van der Waals surface area contributed by atoms with Gasteiger partial charge in [-0.3, -0.25) is 9.00 Å². The topological polar surface area (TPSA) is 72.2 Å². The Morgan fingerprint density at radius 2 is 2.17 bits per heavy atom. The molecule has 0 spiro atoms. The third kappa shape index (κ3) is 5.82. The molecule has 4 nitrogen and oxygen atoms in total. The van der Waals surface area contributed by atoms with E-state index in [2.05, 4.69) is 12.2 Å². The Labute approximate surface area is 110 Å². The number of carbonyl (C=O) groups excluding carboxylic acids is 1. The molecule has 0 aliphatic carbocycles. The van der Waals surface area contributed by atoms with Crippen molar-refractivity contribution in [2.45, 2.75) is 26.2 Å². The predicted octanol–water partition coefficient (Wildman–Crippen LogP) is 2.15. The maximum atomic E-state index is 11.6. The summed E-state index contributed by atoms with van der Waals surface area (Å²) < 4.78 is 11.6. The quantitative estimate of drug-likeness (QED) is 0.588. The van der Waals surface area contributed by atoms with E-state index < -0.39 is 10.8 Å². The van der Waals surface area contributed by atoms with E-state index in [4.69, 9.17) is 5.73 Å². The van der Waals surface area contributed by atoms with Crippen molar-refractivity contribution in [3.05, 3.63) is 24.3 Å². The van der Waals surface area contributed by atoms with Crippen molar-refractivity contribution in [3.63, 3.8) is 0 Å². The van der Waals surface area contributed by atoms with Crippen LogP contribution in [0.5, 0.6) is 0 Å². The van der Waals surface area contributed by atoms with Gasteiger partial charge in [0.15, 0.2) is 0 Å². The summed E-state index contributed by atoms with van der Waals surface area (Å²) in [6.07, 6.45) is 3.06. The number of benzene rings is 1. The summed E-state index contributed by atoms with van der Waals surface area (Å²) in [6.45, 7) is 2.09. The molecule has 1 atom stereocenters. The molecule has 18 heavy (non-hydrogen) atoms. The van der Waals surface area contributed by atoms with Crippen LogP contribution in [0, 0.1) is 0 Å². The third-order valence-electron chi connectivity index (χ3n) is 2.44. The Hall–Kier alpha value is -1.36. The SMILES string of the molecule is CCCCCS(=O)CC(=O)Nc1cccc(N)c1. The molecule has 0 saturated carbocycles. The van der Waals surface area contributed by atoms with Crippen LogP contribution in [0.4, 0.5) is 11.4 Å². The molecule has 5 heteroatoms. The summed E-state index contributed by atoms with van der Waals surface area (Å²) in [4.78, 5) is 11.6. The fraction of sp³-hybridized carbons (Fsp3) is 0.462. The molecular formula is C13H20N2O2S. The third-order valence-corrected chi connectivity index (χ3v) is 3.77. The fourth-order valence-corrected chi connectivity index (χ4v) is 2.58. The first-order chi connectivity index (χ1) is 8.61. The van der Waals surface area contributed by atoms with Gasteiger partial charge in [-0.1, -0.05) is 25.8 Å². The van der Waals surface area contributed by atoms with Gasteiger partial charge in [0.25, 0.3) is 0 Å². The van der Waals surface area contributed by atoms with Crippen LogP contribution in [0.1, 0.15) is 26.2 Å². The lowest BCUT2D eigenvalue weighted by molar-refractivity contribution is -0.113. The van der Waals surface area contributed by atoms with Crippen LogP contribution in [0.3, 0.4) is 0 Å². The first kappa shape index (κ1) is 14.7. The highest BCUT2D eigenvalue weighted by Gasteiger charge is 2.08. The summed E-state index contributed by atoms with van der Waals surface area (Å²) in [5, 5.41) is 2.69. The van der Waals surface area contributed by atoms with Crippen molar-refractivity contribution >= 4 is 28.1 Å². The zero-order valence-electron chi connectivity index (χ0n) is 10.6. The van der Waals surface area contributed by atoms with Crippen molar-refractivity contribution in [1.82, 2.24) is 0 Å². The van der Waals surface area contributed by atoms with E-state index in [1.807, 2.05) is 0 Å².